The van der Waals surface area contributed by atoms with E-state index in [0.717, 1.165) is 33.8 Å². The van der Waals surface area contributed by atoms with Gasteiger partial charge in [-0.25, -0.2) is 15.0 Å². The van der Waals surface area contributed by atoms with Crippen molar-refractivity contribution in [2.24, 2.45) is 0 Å². The molecule has 0 radical (unpaired) electrons. The van der Waals surface area contributed by atoms with E-state index in [1.54, 1.807) is 12.4 Å². The summed E-state index contributed by atoms with van der Waals surface area (Å²) in [6.45, 7) is 0. The minimum atomic E-state index is -0.616. The molecule has 5 rings (SSSR count). The molecule has 0 spiro atoms. The van der Waals surface area contributed by atoms with Gasteiger partial charge >= 0.3 is 0 Å². The van der Waals surface area contributed by atoms with E-state index >= 15 is 0 Å². The summed E-state index contributed by atoms with van der Waals surface area (Å²) in [5.41, 5.74) is 4.42. The number of benzene rings is 3. The van der Waals surface area contributed by atoms with Crippen LogP contribution in [0.3, 0.4) is 0 Å². The average Bonchev–Trinajstić information content (AvgIpc) is 3.33. The summed E-state index contributed by atoms with van der Waals surface area (Å²) >= 11 is 5.87. The molecule has 0 saturated heterocycles. The number of rotatable bonds is 5. The van der Waals surface area contributed by atoms with E-state index in [4.69, 9.17) is 16.6 Å². The Labute approximate surface area is 185 Å². The minimum absolute atomic E-state index is 0.218. The molecule has 0 aliphatic heterocycles. The van der Waals surface area contributed by atoms with E-state index in [-0.39, 0.29) is 5.28 Å². The van der Waals surface area contributed by atoms with Crippen LogP contribution in [0.1, 0.15) is 22.5 Å². The normalized spacial score (nSPS) is 11.4. The van der Waals surface area contributed by atoms with Crippen LogP contribution in [-0.2, 0) is 5.41 Å². The van der Waals surface area contributed by atoms with Crippen LogP contribution in [0.25, 0.3) is 11.3 Å². The number of halogens is 1. The first-order valence-corrected chi connectivity index (χ1v) is 10.4. The van der Waals surface area contributed by atoms with Crippen LogP contribution in [0.5, 0.6) is 0 Å². The Morgan fingerprint density at radius 3 is 1.48 bits per heavy atom. The summed E-state index contributed by atoms with van der Waals surface area (Å²) in [7, 11) is 0. The van der Waals surface area contributed by atoms with Gasteiger partial charge in [0.15, 0.2) is 0 Å². The molecule has 0 bridgehead atoms. The lowest BCUT2D eigenvalue weighted by atomic mass is 9.69. The molecular weight excluding hydrogens is 404 g/mol. The molecule has 0 amide bonds. The van der Waals surface area contributed by atoms with E-state index in [2.05, 4.69) is 87.7 Å². The van der Waals surface area contributed by atoms with E-state index in [9.17, 15) is 0 Å². The molecule has 150 valence electrons. The number of imidazole rings is 1. The molecule has 31 heavy (non-hydrogen) atoms. The second-order valence-corrected chi connectivity index (χ2v) is 7.57. The zero-order chi connectivity index (χ0) is 21.1. The Hall–Kier alpha value is -3.76. The van der Waals surface area contributed by atoms with Crippen molar-refractivity contribution < 1.29 is 0 Å². The van der Waals surface area contributed by atoms with Crippen LogP contribution in [0.15, 0.2) is 110 Å². The molecule has 2 aromatic heterocycles. The molecule has 0 atom stereocenters. The van der Waals surface area contributed by atoms with Crippen LogP contribution >= 0.6 is 11.6 Å². The molecule has 0 aliphatic carbocycles. The van der Waals surface area contributed by atoms with Crippen LogP contribution in [0.2, 0.25) is 5.28 Å². The van der Waals surface area contributed by atoms with Crippen LogP contribution < -0.4 is 0 Å². The number of nitrogens with zero attached hydrogens (tertiary/aromatic N) is 3. The van der Waals surface area contributed by atoms with Crippen molar-refractivity contribution in [2.45, 2.75) is 5.41 Å². The monoisotopic (exact) mass is 422 g/mol. The van der Waals surface area contributed by atoms with E-state index in [1.807, 2.05) is 24.4 Å². The van der Waals surface area contributed by atoms with Crippen molar-refractivity contribution in [3.8, 4) is 11.3 Å². The number of hydrogen-bond acceptors (Lipinski definition) is 3. The fourth-order valence-electron chi connectivity index (χ4n) is 4.08. The lowest BCUT2D eigenvalue weighted by Gasteiger charge is -2.34. The molecule has 3 aromatic carbocycles. The first-order chi connectivity index (χ1) is 15.3. The predicted molar refractivity (Wildman–Crippen MR) is 123 cm³/mol. The Kier molecular flexibility index (Phi) is 5.06. The molecule has 4 nitrogen and oxygen atoms in total. The van der Waals surface area contributed by atoms with Gasteiger partial charge in [-0.05, 0) is 28.3 Å². The highest BCUT2D eigenvalue weighted by molar-refractivity contribution is 6.28. The van der Waals surface area contributed by atoms with Gasteiger partial charge in [0, 0.05) is 18.0 Å². The minimum Gasteiger partial charge on any atom is -0.341 e. The number of aromatic nitrogens is 4. The second-order valence-electron chi connectivity index (χ2n) is 7.23. The summed E-state index contributed by atoms with van der Waals surface area (Å²) in [5.74, 6) is 0.820. The fraction of sp³-hybridized carbons (Fsp3) is 0.0385. The molecule has 0 fully saturated rings. The van der Waals surface area contributed by atoms with Crippen LogP contribution in [0.4, 0.5) is 0 Å². The molecular formula is C26H19ClN4. The highest BCUT2D eigenvalue weighted by Gasteiger charge is 2.40. The Bertz CT molecular complexity index is 1170. The fourth-order valence-corrected chi connectivity index (χ4v) is 4.18. The topological polar surface area (TPSA) is 54.5 Å². The standard InChI is InChI=1S/C26H19ClN4/c27-25-29-16-19(17-30-25)23-18-28-24(31-23)26(20-10-4-1-5-11-20,21-12-6-2-7-13-21)22-14-8-3-9-15-22/h1-18H,(H,28,31). The van der Waals surface area contributed by atoms with Crippen molar-refractivity contribution in [3.05, 3.63) is 137 Å². The number of hydrogen-bond donors (Lipinski definition) is 1. The SMILES string of the molecule is Clc1ncc(-c2cnc(C(c3ccccc3)(c3ccccc3)c3ccccc3)[nH]2)cn1. The highest BCUT2D eigenvalue weighted by atomic mass is 35.5. The lowest BCUT2D eigenvalue weighted by molar-refractivity contribution is 0.692. The van der Waals surface area contributed by atoms with Crippen molar-refractivity contribution in [1.82, 2.24) is 19.9 Å². The molecule has 0 unspecified atom stereocenters. The number of aromatic amines is 1. The molecule has 1 N–H and O–H groups in total. The maximum absolute atomic E-state index is 5.87. The zero-order valence-electron chi connectivity index (χ0n) is 16.6. The van der Waals surface area contributed by atoms with Gasteiger partial charge in [0.2, 0.25) is 5.28 Å². The second kappa shape index (κ2) is 8.17. The third-order valence-electron chi connectivity index (χ3n) is 5.48. The van der Waals surface area contributed by atoms with Gasteiger partial charge in [0.1, 0.15) is 11.2 Å². The maximum Gasteiger partial charge on any atom is 0.222 e. The zero-order valence-corrected chi connectivity index (χ0v) is 17.4. The van der Waals surface area contributed by atoms with Gasteiger partial charge in [-0.2, -0.15) is 0 Å². The quantitative estimate of drug-likeness (QED) is 0.283. The summed E-state index contributed by atoms with van der Waals surface area (Å²) in [4.78, 5) is 16.6. The van der Waals surface area contributed by atoms with Crippen LogP contribution in [-0.4, -0.2) is 19.9 Å². The largest absolute Gasteiger partial charge is 0.341 e. The van der Waals surface area contributed by atoms with E-state index < -0.39 is 5.41 Å². The average molecular weight is 423 g/mol. The number of H-pyrrole nitrogens is 1. The lowest BCUT2D eigenvalue weighted by Crippen LogP contribution is -2.32. The summed E-state index contributed by atoms with van der Waals surface area (Å²) in [6, 6.07) is 31.3. The third-order valence-corrected chi connectivity index (χ3v) is 5.68. The number of nitrogens with one attached hydrogen (secondary N) is 1. The van der Waals surface area contributed by atoms with Gasteiger partial charge in [-0.3, -0.25) is 0 Å². The summed E-state index contributed by atoms with van der Waals surface area (Å²) in [6.07, 6.45) is 5.22. The van der Waals surface area contributed by atoms with Crippen molar-refractivity contribution in [3.63, 3.8) is 0 Å². The predicted octanol–water partition coefficient (Wildman–Crippen LogP) is 5.90. The molecule has 0 saturated carbocycles. The van der Waals surface area contributed by atoms with E-state index in [1.165, 1.54) is 0 Å². The van der Waals surface area contributed by atoms with Gasteiger partial charge < -0.3 is 4.98 Å². The Morgan fingerprint density at radius 2 is 1.03 bits per heavy atom. The van der Waals surface area contributed by atoms with Gasteiger partial charge in [0.25, 0.3) is 0 Å². The van der Waals surface area contributed by atoms with E-state index in [0.29, 0.717) is 0 Å². The first kappa shape index (κ1) is 19.2. The van der Waals surface area contributed by atoms with Crippen molar-refractivity contribution >= 4 is 11.6 Å². The smallest absolute Gasteiger partial charge is 0.222 e. The molecule has 5 aromatic rings. The van der Waals surface area contributed by atoms with Gasteiger partial charge in [-0.15, -0.1) is 0 Å². The summed E-state index contributed by atoms with van der Waals surface area (Å²) < 4.78 is 0. The Morgan fingerprint density at radius 1 is 0.581 bits per heavy atom. The molecule has 2 heterocycles. The molecule has 5 heteroatoms. The molecule has 0 aliphatic rings. The third kappa shape index (κ3) is 3.41. The summed E-state index contributed by atoms with van der Waals surface area (Å²) in [5, 5.41) is 0.218. The highest BCUT2D eigenvalue weighted by Crippen LogP contribution is 2.44. The van der Waals surface area contributed by atoms with Crippen LogP contribution in [0, 0.1) is 0 Å². The van der Waals surface area contributed by atoms with Gasteiger partial charge in [0.05, 0.1) is 11.9 Å². The Balaban J connectivity index is 1.80. The van der Waals surface area contributed by atoms with Gasteiger partial charge in [-0.1, -0.05) is 91.0 Å². The maximum atomic E-state index is 5.87. The van der Waals surface area contributed by atoms with Crippen molar-refractivity contribution in [2.75, 3.05) is 0 Å². The van der Waals surface area contributed by atoms with Crippen molar-refractivity contribution in [1.29, 1.82) is 0 Å². The first-order valence-electron chi connectivity index (χ1n) is 9.98.